The molecule has 0 saturated carbocycles. The summed E-state index contributed by atoms with van der Waals surface area (Å²) in [5.41, 5.74) is 2.58. The van der Waals surface area contributed by atoms with Crippen LogP contribution in [0.2, 0.25) is 0 Å². The SMILES string of the molecule is CCNCCCc1cnn(Cc2ccc(Br)cc2)c1. The van der Waals surface area contributed by atoms with Crippen molar-refractivity contribution in [1.29, 1.82) is 0 Å². The van der Waals surface area contributed by atoms with E-state index in [4.69, 9.17) is 0 Å². The summed E-state index contributed by atoms with van der Waals surface area (Å²) in [6, 6.07) is 8.37. The van der Waals surface area contributed by atoms with E-state index in [1.54, 1.807) is 0 Å². The molecule has 3 nitrogen and oxygen atoms in total. The number of aryl methyl sites for hydroxylation is 1. The average molecular weight is 322 g/mol. The Balaban J connectivity index is 1.85. The molecule has 0 atom stereocenters. The lowest BCUT2D eigenvalue weighted by molar-refractivity contribution is 0.669. The summed E-state index contributed by atoms with van der Waals surface area (Å²) < 4.78 is 3.12. The summed E-state index contributed by atoms with van der Waals surface area (Å²) in [6.45, 7) is 5.09. The molecule has 0 radical (unpaired) electrons. The van der Waals surface area contributed by atoms with Gasteiger partial charge in [0.1, 0.15) is 0 Å². The van der Waals surface area contributed by atoms with E-state index in [1.165, 1.54) is 11.1 Å². The zero-order valence-electron chi connectivity index (χ0n) is 11.3. The van der Waals surface area contributed by atoms with Gasteiger partial charge in [-0.25, -0.2) is 0 Å². The third-order valence-electron chi connectivity index (χ3n) is 3.01. The highest BCUT2D eigenvalue weighted by molar-refractivity contribution is 9.10. The van der Waals surface area contributed by atoms with Crippen molar-refractivity contribution < 1.29 is 0 Å². The molecule has 2 rings (SSSR count). The smallest absolute Gasteiger partial charge is 0.0659 e. The van der Waals surface area contributed by atoms with E-state index in [2.05, 4.69) is 63.7 Å². The van der Waals surface area contributed by atoms with Gasteiger partial charge < -0.3 is 5.32 Å². The molecule has 0 bridgehead atoms. The van der Waals surface area contributed by atoms with Crippen LogP contribution in [0.3, 0.4) is 0 Å². The second-order valence-corrected chi connectivity index (χ2v) is 5.55. The van der Waals surface area contributed by atoms with Crippen LogP contribution < -0.4 is 5.32 Å². The third kappa shape index (κ3) is 4.80. The van der Waals surface area contributed by atoms with Gasteiger partial charge in [-0.2, -0.15) is 5.10 Å². The molecule has 19 heavy (non-hydrogen) atoms. The van der Waals surface area contributed by atoms with Crippen molar-refractivity contribution in [3.05, 3.63) is 52.3 Å². The monoisotopic (exact) mass is 321 g/mol. The van der Waals surface area contributed by atoms with Crippen LogP contribution in [-0.2, 0) is 13.0 Å². The maximum absolute atomic E-state index is 4.42. The predicted molar refractivity (Wildman–Crippen MR) is 82.3 cm³/mol. The molecule has 2 aromatic rings. The zero-order valence-corrected chi connectivity index (χ0v) is 12.9. The van der Waals surface area contributed by atoms with Crippen LogP contribution in [0.15, 0.2) is 41.1 Å². The standard InChI is InChI=1S/C15H20BrN3/c1-2-17-9-3-4-14-10-18-19(12-14)11-13-5-7-15(16)8-6-13/h5-8,10,12,17H,2-4,9,11H2,1H3. The minimum Gasteiger partial charge on any atom is -0.317 e. The van der Waals surface area contributed by atoms with Crippen molar-refractivity contribution in [2.24, 2.45) is 0 Å². The molecule has 1 aromatic heterocycles. The highest BCUT2D eigenvalue weighted by Crippen LogP contribution is 2.12. The molecular formula is C15H20BrN3. The Morgan fingerprint density at radius 2 is 2.00 bits per heavy atom. The Morgan fingerprint density at radius 1 is 1.21 bits per heavy atom. The van der Waals surface area contributed by atoms with Crippen molar-refractivity contribution in [1.82, 2.24) is 15.1 Å². The predicted octanol–water partition coefficient (Wildman–Crippen LogP) is 3.24. The van der Waals surface area contributed by atoms with Crippen LogP contribution in [0.4, 0.5) is 0 Å². The topological polar surface area (TPSA) is 29.9 Å². The molecule has 0 amide bonds. The fourth-order valence-electron chi connectivity index (χ4n) is 1.99. The van der Waals surface area contributed by atoms with Gasteiger partial charge in [0.05, 0.1) is 12.7 Å². The van der Waals surface area contributed by atoms with Crippen LogP contribution >= 0.6 is 15.9 Å². The first-order valence-electron chi connectivity index (χ1n) is 6.74. The van der Waals surface area contributed by atoms with Crippen LogP contribution in [0.25, 0.3) is 0 Å². The molecular weight excluding hydrogens is 302 g/mol. The molecule has 0 aliphatic carbocycles. The van der Waals surface area contributed by atoms with Gasteiger partial charge in [-0.15, -0.1) is 0 Å². The molecule has 0 aliphatic heterocycles. The summed E-state index contributed by atoms with van der Waals surface area (Å²) in [5, 5.41) is 7.76. The molecule has 1 aromatic carbocycles. The second-order valence-electron chi connectivity index (χ2n) is 4.63. The van der Waals surface area contributed by atoms with E-state index in [-0.39, 0.29) is 0 Å². The highest BCUT2D eigenvalue weighted by atomic mass is 79.9. The molecule has 0 fully saturated rings. The molecule has 0 aliphatic rings. The Labute approximate surface area is 123 Å². The minimum atomic E-state index is 0.834. The van der Waals surface area contributed by atoms with Crippen molar-refractivity contribution in [3.63, 3.8) is 0 Å². The van der Waals surface area contributed by atoms with Gasteiger partial charge in [-0.05, 0) is 49.2 Å². The summed E-state index contributed by atoms with van der Waals surface area (Å²) in [6.07, 6.45) is 6.38. The molecule has 102 valence electrons. The zero-order chi connectivity index (χ0) is 13.5. The van der Waals surface area contributed by atoms with E-state index in [0.29, 0.717) is 0 Å². The normalized spacial score (nSPS) is 10.8. The first-order chi connectivity index (χ1) is 9.28. The van der Waals surface area contributed by atoms with E-state index in [0.717, 1.165) is 36.9 Å². The lowest BCUT2D eigenvalue weighted by atomic mass is 10.2. The van der Waals surface area contributed by atoms with Crippen molar-refractivity contribution >= 4 is 15.9 Å². The molecule has 0 saturated heterocycles. The number of rotatable bonds is 7. The molecule has 1 heterocycles. The van der Waals surface area contributed by atoms with E-state index >= 15 is 0 Å². The van der Waals surface area contributed by atoms with Gasteiger partial charge in [0.2, 0.25) is 0 Å². The largest absolute Gasteiger partial charge is 0.317 e. The fraction of sp³-hybridized carbons (Fsp3) is 0.400. The first kappa shape index (κ1) is 14.3. The Bertz CT molecular complexity index is 490. The number of halogens is 1. The van der Waals surface area contributed by atoms with E-state index in [1.807, 2.05) is 10.9 Å². The number of nitrogens with zero attached hydrogens (tertiary/aromatic N) is 2. The molecule has 4 heteroatoms. The van der Waals surface area contributed by atoms with Gasteiger partial charge in [-0.1, -0.05) is 35.0 Å². The quantitative estimate of drug-likeness (QED) is 0.793. The van der Waals surface area contributed by atoms with Crippen molar-refractivity contribution in [3.8, 4) is 0 Å². The summed E-state index contributed by atoms with van der Waals surface area (Å²) in [4.78, 5) is 0. The Morgan fingerprint density at radius 3 is 2.74 bits per heavy atom. The average Bonchev–Trinajstić information content (AvgIpc) is 2.85. The lowest BCUT2D eigenvalue weighted by Gasteiger charge is -2.02. The van der Waals surface area contributed by atoms with Crippen LogP contribution in [0.1, 0.15) is 24.5 Å². The maximum atomic E-state index is 4.42. The van der Waals surface area contributed by atoms with Crippen LogP contribution in [-0.4, -0.2) is 22.9 Å². The highest BCUT2D eigenvalue weighted by Gasteiger charge is 2.00. The molecule has 0 spiro atoms. The Hall–Kier alpha value is -1.13. The van der Waals surface area contributed by atoms with E-state index < -0.39 is 0 Å². The summed E-state index contributed by atoms with van der Waals surface area (Å²) in [7, 11) is 0. The number of hydrogen-bond acceptors (Lipinski definition) is 2. The summed E-state index contributed by atoms with van der Waals surface area (Å²) in [5.74, 6) is 0. The van der Waals surface area contributed by atoms with Crippen molar-refractivity contribution in [2.45, 2.75) is 26.3 Å². The number of benzene rings is 1. The van der Waals surface area contributed by atoms with Gasteiger partial charge in [0.25, 0.3) is 0 Å². The lowest BCUT2D eigenvalue weighted by Crippen LogP contribution is -2.14. The Kier molecular flexibility index (Phi) is 5.61. The van der Waals surface area contributed by atoms with Gasteiger partial charge in [0.15, 0.2) is 0 Å². The fourth-order valence-corrected chi connectivity index (χ4v) is 2.26. The maximum Gasteiger partial charge on any atom is 0.0659 e. The third-order valence-corrected chi connectivity index (χ3v) is 3.54. The number of aromatic nitrogens is 2. The van der Waals surface area contributed by atoms with Gasteiger partial charge in [0, 0.05) is 10.7 Å². The van der Waals surface area contributed by atoms with Crippen LogP contribution in [0.5, 0.6) is 0 Å². The van der Waals surface area contributed by atoms with Gasteiger partial charge >= 0.3 is 0 Å². The van der Waals surface area contributed by atoms with Gasteiger partial charge in [-0.3, -0.25) is 4.68 Å². The summed E-state index contributed by atoms with van der Waals surface area (Å²) >= 11 is 3.45. The van der Waals surface area contributed by atoms with Crippen LogP contribution in [0, 0.1) is 0 Å². The molecule has 1 N–H and O–H groups in total. The number of nitrogens with one attached hydrogen (secondary N) is 1. The first-order valence-corrected chi connectivity index (χ1v) is 7.53. The van der Waals surface area contributed by atoms with Crippen molar-refractivity contribution in [2.75, 3.05) is 13.1 Å². The minimum absolute atomic E-state index is 0.834. The second kappa shape index (κ2) is 7.46. The van der Waals surface area contributed by atoms with E-state index in [9.17, 15) is 0 Å². The number of hydrogen-bond donors (Lipinski definition) is 1. The molecule has 0 unspecified atom stereocenters.